The molecule has 0 fully saturated rings. The third kappa shape index (κ3) is 7.79. The zero-order valence-corrected chi connectivity index (χ0v) is 28.1. The molecule has 0 bridgehead atoms. The number of nitrogens with zero attached hydrogens (tertiary/aromatic N) is 3. The number of rotatable bonds is 15. The number of hydrogen-bond donors (Lipinski definition) is 0. The highest BCUT2D eigenvalue weighted by Crippen LogP contribution is 2.30. The number of anilines is 2. The van der Waals surface area contributed by atoms with Gasteiger partial charge in [-0.05, 0) is 77.2 Å². The van der Waals surface area contributed by atoms with E-state index in [9.17, 15) is 4.79 Å². The maximum absolute atomic E-state index is 14.2. The van der Waals surface area contributed by atoms with Gasteiger partial charge in [0.2, 0.25) is 0 Å². The van der Waals surface area contributed by atoms with E-state index in [4.69, 9.17) is 0 Å². The monoisotopic (exact) mass is 601 g/mol. The van der Waals surface area contributed by atoms with E-state index < -0.39 is 0 Å². The zero-order chi connectivity index (χ0) is 31.8. The minimum Gasteiger partial charge on any atom is -0.378 e. The van der Waals surface area contributed by atoms with Gasteiger partial charge in [-0.25, -0.2) is 0 Å². The normalized spacial score (nSPS) is 11.4. The number of benzene rings is 4. The van der Waals surface area contributed by atoms with Gasteiger partial charge in [-0.3, -0.25) is 4.79 Å². The summed E-state index contributed by atoms with van der Waals surface area (Å²) >= 11 is 0. The second-order valence-corrected chi connectivity index (χ2v) is 13.0. The van der Waals surface area contributed by atoms with E-state index in [0.717, 1.165) is 68.4 Å². The lowest BCUT2D eigenvalue weighted by Crippen LogP contribution is -2.12. The van der Waals surface area contributed by atoms with Gasteiger partial charge in [0.1, 0.15) is 0 Å². The van der Waals surface area contributed by atoms with Crippen LogP contribution < -0.4 is 15.2 Å². The summed E-state index contributed by atoms with van der Waals surface area (Å²) < 4.78 is 2.40. The molecular weight excluding hydrogens is 550 g/mol. The molecule has 0 N–H and O–H groups in total. The Labute approximate surface area is 270 Å². The molecule has 0 saturated heterocycles. The van der Waals surface area contributed by atoms with Crippen molar-refractivity contribution in [1.82, 2.24) is 4.57 Å². The quantitative estimate of drug-likeness (QED) is 0.0883. The number of aryl methyl sites for hydroxylation is 1. The Morgan fingerprint density at radius 3 is 1.27 bits per heavy atom. The molecule has 1 heterocycles. The van der Waals surface area contributed by atoms with E-state index in [-0.39, 0.29) is 5.43 Å². The van der Waals surface area contributed by atoms with Crippen molar-refractivity contribution >= 4 is 33.2 Å². The standard InChI is InChI=1S/C41H51N3O/c1-6-7-8-9-10-11-12-13-14-15-28-44-39-26-20-33(31-16-22-35(23-17-31)42(2)3)29-37(39)41(45)38-30-34(21-27-40(38)44)32-18-24-36(25-19-32)43(4)5/h16-27,29-30H,6-15,28H2,1-5H3. The molecule has 0 aliphatic rings. The molecule has 1 aromatic heterocycles. The minimum atomic E-state index is 0.109. The molecule has 45 heavy (non-hydrogen) atoms. The number of fused-ring (bicyclic) bond motifs is 2. The molecule has 236 valence electrons. The molecule has 4 nitrogen and oxygen atoms in total. The Hall–Kier alpha value is -4.05. The fraction of sp³-hybridized carbons (Fsp3) is 0.390. The molecule has 5 rings (SSSR count). The highest BCUT2D eigenvalue weighted by Gasteiger charge is 2.14. The maximum atomic E-state index is 14.2. The van der Waals surface area contributed by atoms with Gasteiger partial charge in [0, 0.05) is 56.9 Å². The largest absolute Gasteiger partial charge is 0.378 e. The van der Waals surface area contributed by atoms with Crippen molar-refractivity contribution in [3.63, 3.8) is 0 Å². The van der Waals surface area contributed by atoms with Gasteiger partial charge in [0.15, 0.2) is 5.43 Å². The first-order chi connectivity index (χ1) is 21.9. The van der Waals surface area contributed by atoms with Crippen molar-refractivity contribution in [1.29, 1.82) is 0 Å². The third-order valence-electron chi connectivity index (χ3n) is 9.23. The molecule has 4 aromatic carbocycles. The van der Waals surface area contributed by atoms with Gasteiger partial charge in [0.25, 0.3) is 0 Å². The average Bonchev–Trinajstić information content (AvgIpc) is 3.06. The summed E-state index contributed by atoms with van der Waals surface area (Å²) in [4.78, 5) is 18.4. The Balaban J connectivity index is 1.46. The van der Waals surface area contributed by atoms with Crippen LogP contribution in [-0.4, -0.2) is 32.8 Å². The molecule has 5 aromatic rings. The number of unbranched alkanes of at least 4 members (excludes halogenated alkanes) is 9. The van der Waals surface area contributed by atoms with E-state index in [1.165, 1.54) is 57.8 Å². The second-order valence-electron chi connectivity index (χ2n) is 13.0. The molecule has 0 aliphatic heterocycles. The van der Waals surface area contributed by atoms with Crippen LogP contribution in [0, 0.1) is 0 Å². The highest BCUT2D eigenvalue weighted by molar-refractivity contribution is 5.97. The fourth-order valence-corrected chi connectivity index (χ4v) is 6.44. The van der Waals surface area contributed by atoms with Crippen LogP contribution in [0.4, 0.5) is 11.4 Å². The fourth-order valence-electron chi connectivity index (χ4n) is 6.44. The SMILES string of the molecule is CCCCCCCCCCCCn1c2ccc(-c3ccc(N(C)C)cc3)cc2c(=O)c2cc(-c3ccc(N(C)C)cc3)ccc21. The van der Waals surface area contributed by atoms with E-state index >= 15 is 0 Å². The van der Waals surface area contributed by atoms with Crippen molar-refractivity contribution < 1.29 is 0 Å². The lowest BCUT2D eigenvalue weighted by Gasteiger charge is -2.17. The first-order valence-corrected chi connectivity index (χ1v) is 17.0. The first kappa shape index (κ1) is 32.3. The second kappa shape index (κ2) is 15.3. The van der Waals surface area contributed by atoms with Crippen molar-refractivity contribution in [3.05, 3.63) is 95.2 Å². The van der Waals surface area contributed by atoms with Crippen LogP contribution in [-0.2, 0) is 6.54 Å². The van der Waals surface area contributed by atoms with Crippen LogP contribution in [0.15, 0.2) is 89.7 Å². The van der Waals surface area contributed by atoms with Crippen LogP contribution in [0.25, 0.3) is 44.1 Å². The Kier molecular flexibility index (Phi) is 11.0. The van der Waals surface area contributed by atoms with Gasteiger partial charge in [-0.2, -0.15) is 0 Å². The van der Waals surface area contributed by atoms with Crippen LogP contribution >= 0.6 is 0 Å². The van der Waals surface area contributed by atoms with Gasteiger partial charge >= 0.3 is 0 Å². The van der Waals surface area contributed by atoms with Crippen LogP contribution in [0.3, 0.4) is 0 Å². The summed E-state index contributed by atoms with van der Waals surface area (Å²) in [6.45, 7) is 3.19. The molecule has 0 aliphatic carbocycles. The summed E-state index contributed by atoms with van der Waals surface area (Å²) in [5, 5.41) is 1.59. The Morgan fingerprint density at radius 2 is 0.867 bits per heavy atom. The maximum Gasteiger partial charge on any atom is 0.197 e. The number of aromatic nitrogens is 1. The summed E-state index contributed by atoms with van der Waals surface area (Å²) in [5.41, 5.74) is 8.88. The van der Waals surface area contributed by atoms with Crippen LogP contribution in [0.1, 0.15) is 71.1 Å². The summed E-state index contributed by atoms with van der Waals surface area (Å²) in [5.74, 6) is 0. The van der Waals surface area contributed by atoms with E-state index in [0.29, 0.717) is 0 Å². The van der Waals surface area contributed by atoms with Gasteiger partial charge < -0.3 is 14.4 Å². The molecule has 0 atom stereocenters. The first-order valence-electron chi connectivity index (χ1n) is 17.0. The average molecular weight is 602 g/mol. The number of pyridine rings is 1. The van der Waals surface area contributed by atoms with Crippen molar-refractivity contribution in [2.45, 2.75) is 77.7 Å². The summed E-state index contributed by atoms with van der Waals surface area (Å²) in [6.07, 6.45) is 13.1. The predicted molar refractivity (Wildman–Crippen MR) is 197 cm³/mol. The lowest BCUT2D eigenvalue weighted by molar-refractivity contribution is 0.541. The Morgan fingerprint density at radius 1 is 0.489 bits per heavy atom. The zero-order valence-electron chi connectivity index (χ0n) is 28.1. The summed E-state index contributed by atoms with van der Waals surface area (Å²) in [6, 6.07) is 30.0. The predicted octanol–water partition coefficient (Wildman–Crippen LogP) is 10.5. The minimum absolute atomic E-state index is 0.109. The molecule has 0 amide bonds. The highest BCUT2D eigenvalue weighted by atomic mass is 16.1. The van der Waals surface area contributed by atoms with E-state index in [1.54, 1.807) is 0 Å². The molecule has 0 spiro atoms. The smallest absolute Gasteiger partial charge is 0.197 e. The van der Waals surface area contributed by atoms with Crippen molar-refractivity contribution in [2.24, 2.45) is 0 Å². The van der Waals surface area contributed by atoms with Crippen LogP contribution in [0.5, 0.6) is 0 Å². The third-order valence-corrected chi connectivity index (χ3v) is 9.23. The molecule has 4 heteroatoms. The summed E-state index contributed by atoms with van der Waals surface area (Å²) in [7, 11) is 8.21. The Bertz CT molecular complexity index is 1630. The van der Waals surface area contributed by atoms with E-state index in [2.05, 4.69) is 134 Å². The van der Waals surface area contributed by atoms with Gasteiger partial charge in [-0.15, -0.1) is 0 Å². The molecule has 0 saturated carbocycles. The molecule has 0 radical (unpaired) electrons. The number of hydrogen-bond acceptors (Lipinski definition) is 3. The van der Waals surface area contributed by atoms with Crippen molar-refractivity contribution in [3.8, 4) is 22.3 Å². The van der Waals surface area contributed by atoms with Gasteiger partial charge in [0.05, 0.1) is 11.0 Å². The van der Waals surface area contributed by atoms with E-state index in [1.807, 2.05) is 0 Å². The molecule has 0 unspecified atom stereocenters. The topological polar surface area (TPSA) is 28.5 Å². The van der Waals surface area contributed by atoms with Crippen molar-refractivity contribution in [2.75, 3.05) is 38.0 Å². The van der Waals surface area contributed by atoms with Gasteiger partial charge in [-0.1, -0.05) is 101 Å². The lowest BCUT2D eigenvalue weighted by atomic mass is 9.98. The van der Waals surface area contributed by atoms with Crippen LogP contribution in [0.2, 0.25) is 0 Å². The molecular formula is C41H51N3O.